The molecular formula is C15H15BrN2O3. The molecule has 0 bridgehead atoms. The summed E-state index contributed by atoms with van der Waals surface area (Å²) in [6.07, 6.45) is 2.16. The summed E-state index contributed by atoms with van der Waals surface area (Å²) in [4.78, 5) is 24.1. The van der Waals surface area contributed by atoms with Crippen molar-refractivity contribution in [2.45, 2.75) is 20.3 Å². The fourth-order valence-electron chi connectivity index (χ4n) is 1.88. The van der Waals surface area contributed by atoms with Gasteiger partial charge in [0, 0.05) is 16.2 Å². The molecule has 1 aromatic carbocycles. The largest absolute Gasteiger partial charge is 0.461 e. The van der Waals surface area contributed by atoms with Crippen molar-refractivity contribution in [2.24, 2.45) is 0 Å². The van der Waals surface area contributed by atoms with Crippen LogP contribution in [0.4, 0.5) is 0 Å². The molecule has 0 N–H and O–H groups in total. The summed E-state index contributed by atoms with van der Waals surface area (Å²) in [7, 11) is 0. The van der Waals surface area contributed by atoms with Gasteiger partial charge in [-0.1, -0.05) is 28.9 Å². The minimum atomic E-state index is -0.693. The third kappa shape index (κ3) is 3.39. The molecule has 21 heavy (non-hydrogen) atoms. The molecule has 2 rings (SSSR count). The number of carbonyl (C=O) groups is 1. The van der Waals surface area contributed by atoms with Crippen LogP contribution in [0, 0.1) is 0 Å². The van der Waals surface area contributed by atoms with Gasteiger partial charge in [0.1, 0.15) is 0 Å². The van der Waals surface area contributed by atoms with Gasteiger partial charge in [-0.15, -0.1) is 0 Å². The van der Waals surface area contributed by atoms with Gasteiger partial charge in [-0.05, 0) is 31.5 Å². The number of hydrogen-bond acceptors (Lipinski definition) is 4. The summed E-state index contributed by atoms with van der Waals surface area (Å²) >= 11 is 3.39. The van der Waals surface area contributed by atoms with Gasteiger partial charge in [-0.25, -0.2) is 9.48 Å². The van der Waals surface area contributed by atoms with Crippen molar-refractivity contribution in [2.75, 3.05) is 6.61 Å². The molecule has 0 fully saturated rings. The number of aromatic nitrogens is 2. The van der Waals surface area contributed by atoms with Crippen molar-refractivity contribution in [1.82, 2.24) is 9.78 Å². The van der Waals surface area contributed by atoms with Gasteiger partial charge in [-0.3, -0.25) is 4.79 Å². The minimum Gasteiger partial charge on any atom is -0.461 e. The first-order chi connectivity index (χ1) is 10.1. The van der Waals surface area contributed by atoms with Crippen molar-refractivity contribution >= 4 is 21.9 Å². The lowest BCUT2D eigenvalue weighted by Gasteiger charge is -2.10. The predicted molar refractivity (Wildman–Crippen MR) is 82.9 cm³/mol. The monoisotopic (exact) mass is 350 g/mol. The van der Waals surface area contributed by atoms with E-state index in [1.165, 1.54) is 4.68 Å². The van der Waals surface area contributed by atoms with Crippen LogP contribution in [0.2, 0.25) is 0 Å². The molecule has 6 heteroatoms. The molecule has 110 valence electrons. The molecule has 0 amide bonds. The number of esters is 1. The zero-order chi connectivity index (χ0) is 15.4. The molecule has 5 nitrogen and oxygen atoms in total. The van der Waals surface area contributed by atoms with Crippen LogP contribution < -0.4 is 5.43 Å². The molecule has 2 aromatic rings. The highest BCUT2D eigenvalue weighted by atomic mass is 79.9. The average molecular weight is 351 g/mol. The number of ether oxygens (including phenoxy) is 1. The topological polar surface area (TPSA) is 61.2 Å². The van der Waals surface area contributed by atoms with Crippen LogP contribution in [0.5, 0.6) is 0 Å². The van der Waals surface area contributed by atoms with E-state index in [0.717, 1.165) is 10.2 Å². The van der Waals surface area contributed by atoms with Crippen LogP contribution in [0.15, 0.2) is 39.7 Å². The Morgan fingerprint density at radius 3 is 2.76 bits per heavy atom. The fraction of sp³-hybridized carbons (Fsp3) is 0.267. The Balaban J connectivity index is 2.60. The third-order valence-corrected chi connectivity index (χ3v) is 3.41. The molecule has 0 aliphatic carbocycles. The molecule has 0 saturated heterocycles. The predicted octanol–water partition coefficient (Wildman–Crippen LogP) is 2.73. The molecule has 0 atom stereocenters. The molecule has 0 aliphatic heterocycles. The second kappa shape index (κ2) is 6.67. The number of benzene rings is 1. The van der Waals surface area contributed by atoms with E-state index < -0.39 is 5.97 Å². The highest BCUT2D eigenvalue weighted by molar-refractivity contribution is 9.10. The second-order valence-electron chi connectivity index (χ2n) is 4.33. The first-order valence-corrected chi connectivity index (χ1v) is 7.42. The summed E-state index contributed by atoms with van der Waals surface area (Å²) in [6, 6.07) is 7.44. The molecule has 0 spiro atoms. The number of aryl methyl sites for hydroxylation is 1. The lowest BCUT2D eigenvalue weighted by molar-refractivity contribution is 0.0515. The molecule has 0 unspecified atom stereocenters. The van der Waals surface area contributed by atoms with E-state index in [4.69, 9.17) is 4.74 Å². The van der Waals surface area contributed by atoms with Crippen molar-refractivity contribution in [1.29, 1.82) is 0 Å². The van der Waals surface area contributed by atoms with E-state index in [2.05, 4.69) is 21.0 Å². The Morgan fingerprint density at radius 1 is 1.38 bits per heavy atom. The lowest BCUT2D eigenvalue weighted by Crippen LogP contribution is -2.26. The quantitative estimate of drug-likeness (QED) is 0.795. The first kappa shape index (κ1) is 15.4. The summed E-state index contributed by atoms with van der Waals surface area (Å²) in [6.45, 7) is 3.75. The Bertz CT molecular complexity index is 725. The van der Waals surface area contributed by atoms with E-state index in [0.29, 0.717) is 12.0 Å². The van der Waals surface area contributed by atoms with Crippen LogP contribution in [-0.2, 0) is 11.2 Å². The highest BCUT2D eigenvalue weighted by Crippen LogP contribution is 2.15. The summed E-state index contributed by atoms with van der Waals surface area (Å²) in [5.41, 5.74) is 0.719. The van der Waals surface area contributed by atoms with Gasteiger partial charge in [0.05, 0.1) is 12.3 Å². The Kier molecular flexibility index (Phi) is 4.90. The number of halogens is 1. The van der Waals surface area contributed by atoms with Gasteiger partial charge in [0.2, 0.25) is 11.1 Å². The standard InChI is InChI=1S/C15H15BrN2O3/c1-3-10-9-18(12-7-5-6-11(16)8-12)17-13(14(10)19)15(20)21-4-2/h5-9H,3-4H2,1-2H3. The Labute approximate surface area is 130 Å². The highest BCUT2D eigenvalue weighted by Gasteiger charge is 2.17. The summed E-state index contributed by atoms with van der Waals surface area (Å²) < 4.78 is 7.31. The van der Waals surface area contributed by atoms with E-state index in [1.807, 2.05) is 31.2 Å². The van der Waals surface area contributed by atoms with E-state index in [1.54, 1.807) is 13.1 Å². The molecule has 0 saturated carbocycles. The first-order valence-electron chi connectivity index (χ1n) is 6.62. The normalized spacial score (nSPS) is 10.4. The fourth-order valence-corrected chi connectivity index (χ4v) is 2.26. The van der Waals surface area contributed by atoms with Gasteiger partial charge < -0.3 is 4.74 Å². The van der Waals surface area contributed by atoms with Crippen LogP contribution in [-0.4, -0.2) is 22.4 Å². The van der Waals surface area contributed by atoms with Gasteiger partial charge in [0.15, 0.2) is 0 Å². The number of rotatable bonds is 4. The summed E-state index contributed by atoms with van der Waals surface area (Å²) in [5.74, 6) is -0.693. The number of hydrogen-bond donors (Lipinski definition) is 0. The maximum atomic E-state index is 12.2. The van der Waals surface area contributed by atoms with Crippen LogP contribution >= 0.6 is 15.9 Å². The van der Waals surface area contributed by atoms with Crippen LogP contribution in [0.1, 0.15) is 29.9 Å². The lowest BCUT2D eigenvalue weighted by atomic mass is 10.2. The van der Waals surface area contributed by atoms with Crippen molar-refractivity contribution in [3.05, 3.63) is 56.4 Å². The molecule has 1 heterocycles. The molecule has 1 aromatic heterocycles. The minimum absolute atomic E-state index is 0.184. The average Bonchev–Trinajstić information content (AvgIpc) is 2.47. The van der Waals surface area contributed by atoms with Gasteiger partial charge >= 0.3 is 5.97 Å². The SMILES string of the molecule is CCOC(=O)c1nn(-c2cccc(Br)c2)cc(CC)c1=O. The number of carbonyl (C=O) groups excluding carboxylic acids is 1. The smallest absolute Gasteiger partial charge is 0.362 e. The van der Waals surface area contributed by atoms with E-state index in [-0.39, 0.29) is 17.7 Å². The van der Waals surface area contributed by atoms with Crippen molar-refractivity contribution in [3.8, 4) is 5.69 Å². The molecule has 0 aliphatic rings. The van der Waals surface area contributed by atoms with E-state index in [9.17, 15) is 9.59 Å². The Hall–Kier alpha value is -1.95. The van der Waals surface area contributed by atoms with Gasteiger partial charge in [-0.2, -0.15) is 5.10 Å². The van der Waals surface area contributed by atoms with Gasteiger partial charge in [0.25, 0.3) is 0 Å². The maximum absolute atomic E-state index is 12.2. The Morgan fingerprint density at radius 2 is 2.14 bits per heavy atom. The van der Waals surface area contributed by atoms with Crippen molar-refractivity contribution in [3.63, 3.8) is 0 Å². The molecule has 0 radical (unpaired) electrons. The van der Waals surface area contributed by atoms with Crippen LogP contribution in [0.25, 0.3) is 5.69 Å². The zero-order valence-electron chi connectivity index (χ0n) is 11.8. The number of nitrogens with zero attached hydrogens (tertiary/aromatic N) is 2. The van der Waals surface area contributed by atoms with Crippen LogP contribution in [0.3, 0.4) is 0 Å². The van der Waals surface area contributed by atoms with E-state index >= 15 is 0 Å². The van der Waals surface area contributed by atoms with Crippen molar-refractivity contribution < 1.29 is 9.53 Å². The summed E-state index contributed by atoms with van der Waals surface area (Å²) in [5, 5.41) is 4.12. The maximum Gasteiger partial charge on any atom is 0.362 e. The zero-order valence-corrected chi connectivity index (χ0v) is 13.4. The molecular weight excluding hydrogens is 336 g/mol. The second-order valence-corrected chi connectivity index (χ2v) is 5.25. The third-order valence-electron chi connectivity index (χ3n) is 2.92.